The first-order valence-corrected chi connectivity index (χ1v) is 13.5. The zero-order chi connectivity index (χ0) is 23.3. The number of amides is 1. The molecule has 0 unspecified atom stereocenters. The van der Waals surface area contributed by atoms with Crippen LogP contribution in [0.1, 0.15) is 65.1 Å². The van der Waals surface area contributed by atoms with Gasteiger partial charge in [0.05, 0.1) is 15.9 Å². The molecule has 1 aromatic heterocycles. The highest BCUT2D eigenvalue weighted by atomic mass is 32.2. The molecular formula is C24H38N4O3S. The SMILES string of the molecule is CCC(CC)CN(CC)C(=O)CCc1nc2cc(S(=O)(=O)N3CCCCC3)ccc2n1C. The van der Waals surface area contributed by atoms with E-state index in [1.54, 1.807) is 16.4 Å². The van der Waals surface area contributed by atoms with Crippen LogP contribution in [-0.2, 0) is 28.3 Å². The molecule has 2 aromatic rings. The summed E-state index contributed by atoms with van der Waals surface area (Å²) in [6, 6.07) is 5.18. The van der Waals surface area contributed by atoms with Gasteiger partial charge in [-0.2, -0.15) is 4.31 Å². The molecule has 2 heterocycles. The summed E-state index contributed by atoms with van der Waals surface area (Å²) >= 11 is 0. The van der Waals surface area contributed by atoms with Gasteiger partial charge in [-0.3, -0.25) is 4.79 Å². The average Bonchev–Trinajstić information content (AvgIpc) is 3.13. The Kier molecular flexibility index (Phi) is 8.33. The topological polar surface area (TPSA) is 75.5 Å². The average molecular weight is 463 g/mol. The Labute approximate surface area is 192 Å². The maximum atomic E-state index is 13.0. The number of sulfonamides is 1. The fraction of sp³-hybridized carbons (Fsp3) is 0.667. The van der Waals surface area contributed by atoms with Crippen molar-refractivity contribution in [3.05, 3.63) is 24.0 Å². The summed E-state index contributed by atoms with van der Waals surface area (Å²) in [4.78, 5) is 19.7. The van der Waals surface area contributed by atoms with Crippen LogP contribution in [0.2, 0.25) is 0 Å². The van der Waals surface area contributed by atoms with Crippen molar-refractivity contribution >= 4 is 27.0 Å². The third-order valence-electron chi connectivity index (χ3n) is 6.83. The molecule has 0 aliphatic carbocycles. The summed E-state index contributed by atoms with van der Waals surface area (Å²) in [5.74, 6) is 1.49. The molecule has 0 spiro atoms. The number of aryl methyl sites for hydroxylation is 2. The number of fused-ring (bicyclic) bond motifs is 1. The minimum absolute atomic E-state index is 0.153. The zero-order valence-electron chi connectivity index (χ0n) is 20.0. The highest BCUT2D eigenvalue weighted by Gasteiger charge is 2.26. The maximum Gasteiger partial charge on any atom is 0.243 e. The lowest BCUT2D eigenvalue weighted by Crippen LogP contribution is -2.35. The van der Waals surface area contributed by atoms with Gasteiger partial charge in [0.15, 0.2) is 0 Å². The van der Waals surface area contributed by atoms with Gasteiger partial charge in [-0.25, -0.2) is 13.4 Å². The molecule has 0 bridgehead atoms. The maximum absolute atomic E-state index is 13.0. The Hall–Kier alpha value is -1.93. The number of carbonyl (C=O) groups excluding carboxylic acids is 1. The van der Waals surface area contributed by atoms with Gasteiger partial charge >= 0.3 is 0 Å². The third-order valence-corrected chi connectivity index (χ3v) is 8.72. The van der Waals surface area contributed by atoms with E-state index in [9.17, 15) is 13.2 Å². The number of carbonyl (C=O) groups is 1. The van der Waals surface area contributed by atoms with Crippen LogP contribution < -0.4 is 0 Å². The summed E-state index contributed by atoms with van der Waals surface area (Å²) in [5.41, 5.74) is 1.55. The smallest absolute Gasteiger partial charge is 0.243 e. The van der Waals surface area contributed by atoms with Gasteiger partial charge in [0, 0.05) is 46.1 Å². The number of imidazole rings is 1. The second kappa shape index (κ2) is 10.8. The first-order chi connectivity index (χ1) is 15.3. The number of benzene rings is 1. The highest BCUT2D eigenvalue weighted by Crippen LogP contribution is 2.25. The Morgan fingerprint density at radius 2 is 1.81 bits per heavy atom. The number of nitrogens with zero attached hydrogens (tertiary/aromatic N) is 4. The molecule has 1 fully saturated rings. The van der Waals surface area contributed by atoms with Gasteiger partial charge in [0.25, 0.3) is 0 Å². The molecule has 0 N–H and O–H groups in total. The second-order valence-electron chi connectivity index (χ2n) is 8.82. The van der Waals surface area contributed by atoms with Gasteiger partial charge in [-0.05, 0) is 43.9 Å². The van der Waals surface area contributed by atoms with E-state index in [1.165, 1.54) is 0 Å². The molecule has 1 aromatic carbocycles. The van der Waals surface area contributed by atoms with Crippen molar-refractivity contribution in [3.8, 4) is 0 Å². The molecule has 3 rings (SSSR count). The van der Waals surface area contributed by atoms with Crippen LogP contribution >= 0.6 is 0 Å². The van der Waals surface area contributed by atoms with Gasteiger partial charge in [0.2, 0.25) is 15.9 Å². The molecule has 1 aliphatic rings. The molecule has 0 radical (unpaired) electrons. The lowest BCUT2D eigenvalue weighted by Gasteiger charge is -2.25. The molecule has 178 valence electrons. The summed E-state index contributed by atoms with van der Waals surface area (Å²) in [7, 11) is -1.56. The van der Waals surface area contributed by atoms with Gasteiger partial charge in [-0.15, -0.1) is 0 Å². The molecule has 8 heteroatoms. The van der Waals surface area contributed by atoms with Crippen molar-refractivity contribution in [2.75, 3.05) is 26.2 Å². The molecule has 1 amide bonds. The molecule has 7 nitrogen and oxygen atoms in total. The van der Waals surface area contributed by atoms with Gasteiger partial charge in [-0.1, -0.05) is 33.1 Å². The van der Waals surface area contributed by atoms with Crippen LogP contribution in [0.4, 0.5) is 0 Å². The number of hydrogen-bond donors (Lipinski definition) is 0. The highest BCUT2D eigenvalue weighted by molar-refractivity contribution is 7.89. The van der Waals surface area contributed by atoms with Crippen LogP contribution in [0.25, 0.3) is 11.0 Å². The first kappa shape index (κ1) is 24.7. The molecule has 1 saturated heterocycles. The monoisotopic (exact) mass is 462 g/mol. The molecule has 0 saturated carbocycles. The minimum atomic E-state index is -3.49. The van der Waals surface area contributed by atoms with E-state index in [1.807, 2.05) is 29.5 Å². The third kappa shape index (κ3) is 5.34. The fourth-order valence-electron chi connectivity index (χ4n) is 4.51. The largest absolute Gasteiger partial charge is 0.343 e. The summed E-state index contributed by atoms with van der Waals surface area (Å²) in [5, 5.41) is 0. The lowest BCUT2D eigenvalue weighted by molar-refractivity contribution is -0.131. The van der Waals surface area contributed by atoms with Crippen LogP contribution in [0.5, 0.6) is 0 Å². The number of aromatic nitrogens is 2. The molecule has 1 aliphatic heterocycles. The predicted molar refractivity (Wildman–Crippen MR) is 128 cm³/mol. The standard InChI is InChI=1S/C24H38N4O3S/c1-5-19(6-2)18-27(7-3)24(29)14-13-23-25-21-17-20(11-12-22(21)26(23)4)32(30,31)28-15-9-8-10-16-28/h11-12,17,19H,5-10,13-16,18H2,1-4H3. The lowest BCUT2D eigenvalue weighted by atomic mass is 10.0. The first-order valence-electron chi connectivity index (χ1n) is 12.0. The van der Waals surface area contributed by atoms with Crippen LogP contribution in [0.15, 0.2) is 23.1 Å². The Balaban J connectivity index is 1.74. The summed E-state index contributed by atoms with van der Waals surface area (Å²) in [6.07, 6.45) is 6.01. The molecule has 32 heavy (non-hydrogen) atoms. The van der Waals surface area contributed by atoms with Crippen molar-refractivity contribution in [1.82, 2.24) is 18.8 Å². The summed E-state index contributed by atoms with van der Waals surface area (Å²) < 4.78 is 29.6. The van der Waals surface area contributed by atoms with E-state index in [0.29, 0.717) is 42.3 Å². The number of rotatable bonds is 10. The number of piperidine rings is 1. The minimum Gasteiger partial charge on any atom is -0.343 e. The second-order valence-corrected chi connectivity index (χ2v) is 10.8. The van der Waals surface area contributed by atoms with Crippen molar-refractivity contribution < 1.29 is 13.2 Å². The van der Waals surface area contributed by atoms with Gasteiger partial charge in [0.1, 0.15) is 5.82 Å². The van der Waals surface area contributed by atoms with Crippen molar-refractivity contribution in [1.29, 1.82) is 0 Å². The fourth-order valence-corrected chi connectivity index (χ4v) is 6.05. The van der Waals surface area contributed by atoms with E-state index in [-0.39, 0.29) is 5.91 Å². The van der Waals surface area contributed by atoms with E-state index in [4.69, 9.17) is 4.98 Å². The van der Waals surface area contributed by atoms with Gasteiger partial charge < -0.3 is 9.47 Å². The van der Waals surface area contributed by atoms with Crippen LogP contribution in [-0.4, -0.2) is 59.3 Å². The van der Waals surface area contributed by atoms with Crippen molar-refractivity contribution in [2.45, 2.75) is 70.6 Å². The van der Waals surface area contributed by atoms with Crippen LogP contribution in [0.3, 0.4) is 0 Å². The predicted octanol–water partition coefficient (Wildman–Crippen LogP) is 3.97. The van der Waals surface area contributed by atoms with E-state index >= 15 is 0 Å². The molecular weight excluding hydrogens is 424 g/mol. The van der Waals surface area contributed by atoms with Crippen molar-refractivity contribution in [3.63, 3.8) is 0 Å². The van der Waals surface area contributed by atoms with Crippen LogP contribution in [0, 0.1) is 5.92 Å². The Morgan fingerprint density at radius 3 is 2.44 bits per heavy atom. The normalized spacial score (nSPS) is 15.5. The zero-order valence-corrected chi connectivity index (χ0v) is 20.8. The van der Waals surface area contributed by atoms with Crippen molar-refractivity contribution in [2.24, 2.45) is 13.0 Å². The van der Waals surface area contributed by atoms with E-state index in [2.05, 4.69) is 13.8 Å². The number of hydrogen-bond acceptors (Lipinski definition) is 4. The summed E-state index contributed by atoms with van der Waals surface area (Å²) in [6.45, 7) is 9.07. The van der Waals surface area contributed by atoms with E-state index in [0.717, 1.165) is 56.5 Å². The Morgan fingerprint density at radius 1 is 1.12 bits per heavy atom. The Bertz CT molecular complexity index is 1020. The molecule has 0 atom stereocenters. The quantitative estimate of drug-likeness (QED) is 0.535. The van der Waals surface area contributed by atoms with E-state index < -0.39 is 10.0 Å².